The normalized spacial score (nSPS) is 10.3. The van der Waals surface area contributed by atoms with E-state index >= 15 is 0 Å². The van der Waals surface area contributed by atoms with E-state index in [0.29, 0.717) is 5.75 Å². The molecule has 0 amide bonds. The Bertz CT molecular complexity index is 314. The number of hydrogen-bond acceptors (Lipinski definition) is 3. The Kier molecular flexibility index (Phi) is 3.20. The quantitative estimate of drug-likeness (QED) is 0.659. The topological polar surface area (TPSA) is 39.2 Å². The Hall–Kier alpha value is -1.64. The highest BCUT2D eigenvalue weighted by atomic mass is 16.5. The lowest BCUT2D eigenvalue weighted by Crippen LogP contribution is -1.86. The number of methoxy groups -OCH3 is 1. The third kappa shape index (κ3) is 3.07. The average Bonchev–Trinajstić information content (AvgIpc) is 2.15. The first-order chi connectivity index (χ1) is 6.22. The van der Waals surface area contributed by atoms with Gasteiger partial charge in [0.2, 0.25) is 0 Å². The summed E-state index contributed by atoms with van der Waals surface area (Å²) in [6, 6.07) is 3.59. The van der Waals surface area contributed by atoms with Gasteiger partial charge in [-0.05, 0) is 31.2 Å². The fourth-order valence-corrected chi connectivity index (χ4v) is 0.814. The maximum atomic E-state index is 10.6. The number of nitrogens with zero attached hydrogens (tertiary/aromatic N) is 1. The molecular formula is C10H11NO2. The van der Waals surface area contributed by atoms with E-state index in [0.717, 1.165) is 5.69 Å². The first-order valence-electron chi connectivity index (χ1n) is 3.91. The molecule has 0 atom stereocenters. The molecule has 3 heteroatoms. The Morgan fingerprint density at radius 1 is 1.54 bits per heavy atom. The summed E-state index contributed by atoms with van der Waals surface area (Å²) in [7, 11) is 1.59. The first kappa shape index (κ1) is 9.45. The van der Waals surface area contributed by atoms with Crippen molar-refractivity contribution >= 4 is 11.9 Å². The number of ketones is 1. The number of aromatic nitrogens is 1. The molecule has 0 N–H and O–H groups in total. The lowest BCUT2D eigenvalue weighted by atomic mass is 10.3. The fraction of sp³-hybridized carbons (Fsp3) is 0.200. The van der Waals surface area contributed by atoms with Crippen LogP contribution in [0.5, 0.6) is 5.75 Å². The van der Waals surface area contributed by atoms with Crippen LogP contribution in [0.2, 0.25) is 0 Å². The van der Waals surface area contributed by atoms with Gasteiger partial charge < -0.3 is 4.74 Å². The Morgan fingerprint density at radius 2 is 2.31 bits per heavy atom. The molecule has 0 unspecified atom stereocenters. The highest BCUT2D eigenvalue weighted by molar-refractivity contribution is 5.91. The average molecular weight is 177 g/mol. The van der Waals surface area contributed by atoms with Crippen molar-refractivity contribution in [2.75, 3.05) is 7.11 Å². The van der Waals surface area contributed by atoms with E-state index in [4.69, 9.17) is 4.74 Å². The van der Waals surface area contributed by atoms with E-state index in [1.807, 2.05) is 0 Å². The van der Waals surface area contributed by atoms with Gasteiger partial charge in [0.15, 0.2) is 5.78 Å². The monoisotopic (exact) mass is 177 g/mol. The zero-order chi connectivity index (χ0) is 9.68. The van der Waals surface area contributed by atoms with Gasteiger partial charge in [-0.15, -0.1) is 0 Å². The van der Waals surface area contributed by atoms with Gasteiger partial charge in [0.25, 0.3) is 0 Å². The van der Waals surface area contributed by atoms with Crippen LogP contribution in [-0.2, 0) is 4.79 Å². The second kappa shape index (κ2) is 4.40. The molecule has 1 aromatic rings. The molecule has 13 heavy (non-hydrogen) atoms. The lowest BCUT2D eigenvalue weighted by molar-refractivity contribution is -0.112. The van der Waals surface area contributed by atoms with E-state index in [9.17, 15) is 4.79 Å². The van der Waals surface area contributed by atoms with Crippen molar-refractivity contribution in [1.29, 1.82) is 0 Å². The zero-order valence-corrected chi connectivity index (χ0v) is 7.65. The summed E-state index contributed by atoms with van der Waals surface area (Å²) < 4.78 is 4.94. The van der Waals surface area contributed by atoms with E-state index in [2.05, 4.69) is 4.98 Å². The third-order valence-corrected chi connectivity index (χ3v) is 1.48. The van der Waals surface area contributed by atoms with Gasteiger partial charge >= 0.3 is 0 Å². The SMILES string of the molecule is COc1ccc(/C=C/C(C)=O)nc1. The summed E-state index contributed by atoms with van der Waals surface area (Å²) in [6.07, 6.45) is 4.76. The van der Waals surface area contributed by atoms with Gasteiger partial charge in [-0.25, -0.2) is 0 Å². The van der Waals surface area contributed by atoms with Gasteiger partial charge in [-0.3, -0.25) is 9.78 Å². The van der Waals surface area contributed by atoms with Crippen molar-refractivity contribution in [1.82, 2.24) is 4.98 Å². The summed E-state index contributed by atoms with van der Waals surface area (Å²) in [4.78, 5) is 14.7. The van der Waals surface area contributed by atoms with E-state index < -0.39 is 0 Å². The molecule has 0 fully saturated rings. The second-order valence-corrected chi connectivity index (χ2v) is 2.57. The van der Waals surface area contributed by atoms with Gasteiger partial charge in [-0.2, -0.15) is 0 Å². The molecule has 1 heterocycles. The number of hydrogen-bond donors (Lipinski definition) is 0. The third-order valence-electron chi connectivity index (χ3n) is 1.48. The van der Waals surface area contributed by atoms with Gasteiger partial charge in [0.1, 0.15) is 5.75 Å². The molecule has 0 saturated heterocycles. The summed E-state index contributed by atoms with van der Waals surface area (Å²) in [5, 5.41) is 0. The summed E-state index contributed by atoms with van der Waals surface area (Å²) in [5.74, 6) is 0.720. The molecule has 0 aromatic carbocycles. The fourth-order valence-electron chi connectivity index (χ4n) is 0.814. The number of allylic oxidation sites excluding steroid dienone is 1. The van der Waals surface area contributed by atoms with E-state index in [1.54, 1.807) is 31.5 Å². The Labute approximate surface area is 77.1 Å². The van der Waals surface area contributed by atoms with Crippen LogP contribution in [0.15, 0.2) is 24.4 Å². The maximum Gasteiger partial charge on any atom is 0.152 e. The van der Waals surface area contributed by atoms with Crippen molar-refractivity contribution in [3.63, 3.8) is 0 Å². The van der Waals surface area contributed by atoms with Crippen molar-refractivity contribution in [2.24, 2.45) is 0 Å². The number of carbonyl (C=O) groups excluding carboxylic acids is 1. The standard InChI is InChI=1S/C10H11NO2/c1-8(12)3-4-9-5-6-10(13-2)7-11-9/h3-7H,1-2H3/b4-3+. The highest BCUT2D eigenvalue weighted by Crippen LogP contribution is 2.08. The molecule has 3 nitrogen and oxygen atoms in total. The predicted octanol–water partition coefficient (Wildman–Crippen LogP) is 1.69. The van der Waals surface area contributed by atoms with Crippen molar-refractivity contribution in [3.8, 4) is 5.75 Å². The van der Waals surface area contributed by atoms with Crippen LogP contribution in [0.3, 0.4) is 0 Å². The minimum atomic E-state index is 0.0117. The minimum absolute atomic E-state index is 0.0117. The molecule has 0 aliphatic carbocycles. The summed E-state index contributed by atoms with van der Waals surface area (Å²) in [6.45, 7) is 1.50. The summed E-state index contributed by atoms with van der Waals surface area (Å²) >= 11 is 0. The molecule has 0 aliphatic heterocycles. The largest absolute Gasteiger partial charge is 0.495 e. The zero-order valence-electron chi connectivity index (χ0n) is 7.65. The molecule has 0 saturated carbocycles. The molecule has 1 aromatic heterocycles. The summed E-state index contributed by atoms with van der Waals surface area (Å²) in [5.41, 5.74) is 0.746. The van der Waals surface area contributed by atoms with Crippen LogP contribution in [0, 0.1) is 0 Å². The number of rotatable bonds is 3. The maximum absolute atomic E-state index is 10.6. The molecule has 1 rings (SSSR count). The van der Waals surface area contributed by atoms with Crippen molar-refractivity contribution < 1.29 is 9.53 Å². The Balaban J connectivity index is 2.75. The molecule has 0 aliphatic rings. The number of carbonyl (C=O) groups is 1. The van der Waals surface area contributed by atoms with Crippen LogP contribution in [0.1, 0.15) is 12.6 Å². The smallest absolute Gasteiger partial charge is 0.152 e. The number of pyridine rings is 1. The van der Waals surface area contributed by atoms with Gasteiger partial charge in [0, 0.05) is 0 Å². The van der Waals surface area contributed by atoms with Crippen LogP contribution < -0.4 is 4.74 Å². The van der Waals surface area contributed by atoms with Crippen LogP contribution in [0.25, 0.3) is 6.08 Å². The van der Waals surface area contributed by atoms with E-state index in [1.165, 1.54) is 13.0 Å². The van der Waals surface area contributed by atoms with Crippen LogP contribution in [0.4, 0.5) is 0 Å². The van der Waals surface area contributed by atoms with Crippen molar-refractivity contribution in [3.05, 3.63) is 30.1 Å². The van der Waals surface area contributed by atoms with Gasteiger partial charge in [0.05, 0.1) is 19.0 Å². The van der Waals surface area contributed by atoms with Crippen LogP contribution >= 0.6 is 0 Å². The predicted molar refractivity (Wildman–Crippen MR) is 50.5 cm³/mol. The highest BCUT2D eigenvalue weighted by Gasteiger charge is 1.91. The molecule has 0 bridgehead atoms. The number of ether oxygens (including phenoxy) is 1. The lowest BCUT2D eigenvalue weighted by Gasteiger charge is -1.97. The first-order valence-corrected chi connectivity index (χ1v) is 3.91. The minimum Gasteiger partial charge on any atom is -0.495 e. The van der Waals surface area contributed by atoms with Crippen LogP contribution in [-0.4, -0.2) is 17.9 Å². The second-order valence-electron chi connectivity index (χ2n) is 2.57. The molecule has 0 radical (unpaired) electrons. The molecule has 0 spiro atoms. The van der Waals surface area contributed by atoms with E-state index in [-0.39, 0.29) is 5.78 Å². The molecular weight excluding hydrogens is 166 g/mol. The van der Waals surface area contributed by atoms with Gasteiger partial charge in [-0.1, -0.05) is 0 Å². The Morgan fingerprint density at radius 3 is 2.77 bits per heavy atom. The molecule has 68 valence electrons. The van der Waals surface area contributed by atoms with Crippen molar-refractivity contribution in [2.45, 2.75) is 6.92 Å².